The van der Waals surface area contributed by atoms with E-state index in [1.807, 2.05) is 24.3 Å². The number of hydrogen-bond acceptors (Lipinski definition) is 12. The number of allylic oxidation sites excluding steroid dienone is 2. The number of amides is 4. The van der Waals surface area contributed by atoms with Gasteiger partial charge in [-0.05, 0) is 94.6 Å². The van der Waals surface area contributed by atoms with Gasteiger partial charge in [-0.3, -0.25) is 19.1 Å². The minimum absolute atomic E-state index is 0.0266. The molecule has 4 aliphatic carbocycles. The Kier molecular flexibility index (Phi) is 14.5. The van der Waals surface area contributed by atoms with Crippen molar-refractivity contribution in [3.8, 4) is 11.6 Å². The molecule has 0 spiro atoms. The molecule has 348 valence electrons. The number of hydrogen-bond donors (Lipinski definition) is 3. The molecule has 3 N–H and O–H groups in total. The maximum absolute atomic E-state index is 15.1. The van der Waals surface area contributed by atoms with Crippen molar-refractivity contribution in [1.82, 2.24) is 25.2 Å². The first kappa shape index (κ1) is 45.8. The van der Waals surface area contributed by atoms with Crippen LogP contribution in [0.15, 0.2) is 49.1 Å². The number of alkyl carbamates (subject to hydrolysis) is 1. The average molecular weight is 906 g/mol. The van der Waals surface area contributed by atoms with E-state index in [-0.39, 0.29) is 37.3 Å². The third-order valence-electron chi connectivity index (χ3n) is 13.8. The summed E-state index contributed by atoms with van der Waals surface area (Å²) in [7, 11) is -2.29. The summed E-state index contributed by atoms with van der Waals surface area (Å²) in [6.45, 7) is 5.65. The molecule has 8 rings (SSSR count). The van der Waals surface area contributed by atoms with Gasteiger partial charge in [-0.2, -0.15) is 0 Å². The molecule has 1 aromatic heterocycles. The smallest absolute Gasteiger partial charge is 0.408 e. The molecule has 5 fully saturated rings. The molecule has 6 aliphatic rings. The summed E-state index contributed by atoms with van der Waals surface area (Å²) in [5.41, 5.74) is -0.195. The fourth-order valence-electron chi connectivity index (χ4n) is 10.0. The van der Waals surface area contributed by atoms with E-state index < -0.39 is 68.7 Å². The number of sulfonamides is 1. The molecule has 0 radical (unpaired) electrons. The molecule has 4 amide bonds. The largest absolute Gasteiger partial charge is 0.492 e. The number of carbonyl (C=O) groups is 4. The normalized spacial score (nSPS) is 29.3. The molecule has 2 aromatic rings. The van der Waals surface area contributed by atoms with Crippen LogP contribution in [0.5, 0.6) is 11.6 Å². The van der Waals surface area contributed by atoms with Crippen molar-refractivity contribution in [2.45, 2.75) is 131 Å². The molecule has 4 saturated carbocycles. The van der Waals surface area contributed by atoms with Crippen LogP contribution < -0.4 is 24.8 Å². The maximum atomic E-state index is 15.1. The summed E-state index contributed by atoms with van der Waals surface area (Å²) in [5.74, 6) is -1.52. The molecule has 2 aliphatic heterocycles. The third kappa shape index (κ3) is 10.4. The molecular formula is C47H63N5O11S. The lowest BCUT2D eigenvalue weighted by atomic mass is 9.96. The van der Waals surface area contributed by atoms with E-state index in [0.717, 1.165) is 55.9 Å². The van der Waals surface area contributed by atoms with Gasteiger partial charge in [0, 0.05) is 37.9 Å². The van der Waals surface area contributed by atoms with Crippen LogP contribution in [0.25, 0.3) is 10.9 Å². The summed E-state index contributed by atoms with van der Waals surface area (Å²) < 4.78 is 58.3. The summed E-state index contributed by atoms with van der Waals surface area (Å²) in [6.07, 6.45) is 13.6. The molecule has 64 heavy (non-hydrogen) atoms. The average Bonchev–Trinajstić information content (AvgIpc) is 4.07. The molecule has 3 heterocycles. The topological polar surface area (TPSA) is 201 Å². The number of fused-ring (bicyclic) bond motifs is 5. The van der Waals surface area contributed by atoms with Gasteiger partial charge in [0.05, 0.1) is 42.7 Å². The number of para-hydroxylation sites is 1. The minimum atomic E-state index is -3.92. The first-order chi connectivity index (χ1) is 31.0. The second-order valence-corrected chi connectivity index (χ2v) is 20.2. The zero-order valence-electron chi connectivity index (χ0n) is 36.8. The van der Waals surface area contributed by atoms with E-state index in [2.05, 4.69) is 34.1 Å². The zero-order valence-corrected chi connectivity index (χ0v) is 37.6. The third-order valence-corrected chi connectivity index (χ3v) is 15.7. The highest BCUT2D eigenvalue weighted by Crippen LogP contribution is 2.46. The van der Waals surface area contributed by atoms with Gasteiger partial charge in [0.1, 0.15) is 35.6 Å². The number of aromatic nitrogens is 1. The number of nitrogens with zero attached hydrogens (tertiary/aromatic N) is 2. The lowest BCUT2D eigenvalue weighted by Gasteiger charge is -2.32. The molecule has 1 saturated heterocycles. The summed E-state index contributed by atoms with van der Waals surface area (Å²) in [4.78, 5) is 63.7. The van der Waals surface area contributed by atoms with Crippen LogP contribution in [0.1, 0.15) is 95.5 Å². The molecule has 2 bridgehead atoms. The van der Waals surface area contributed by atoms with Gasteiger partial charge < -0.3 is 39.2 Å². The fraction of sp³-hybridized carbons (Fsp3) is 0.638. The summed E-state index contributed by atoms with van der Waals surface area (Å²) in [5, 5.41) is 6.01. The number of ether oxygens (including phenoxy) is 5. The quantitative estimate of drug-likeness (QED) is 0.159. The number of rotatable bonds is 15. The minimum Gasteiger partial charge on any atom is -0.492 e. The standard InChI is InChI=1S/C47H63N5O11S/c1-3-32-28-47(32,45(55)51-64(57,58)34-21-22-34)50-42(53)38-27-33-29-52(38)44(54)40(31-14-7-8-15-31)49-46(56)63-39-20-11-16-30(39)13-5-4-6-18-36-41(61-24-12-23-60-26-25-59-2)35-17-9-10-19-37(35)48-43(36)62-33/h3-4,6,9-10,17,19,30-34,38-40H,1,5,7-8,11-16,18,20-29H2,2H3,(H,49,56)(H,50,53)(H,51,55)/b6-4-/t30-,32-,33-,38+,39-,40+,47-/m1/s1. The van der Waals surface area contributed by atoms with Gasteiger partial charge in [-0.25, -0.2) is 18.2 Å². The zero-order chi connectivity index (χ0) is 44.8. The molecule has 17 heteroatoms. The Bertz CT molecular complexity index is 2190. The number of carbonyl (C=O) groups excluding carboxylic acids is 4. The monoisotopic (exact) mass is 905 g/mol. The molecule has 1 aromatic carbocycles. The predicted molar refractivity (Wildman–Crippen MR) is 237 cm³/mol. The van der Waals surface area contributed by atoms with Crippen molar-refractivity contribution in [2.75, 3.05) is 40.1 Å². The van der Waals surface area contributed by atoms with Crippen LogP contribution in [-0.2, 0) is 45.0 Å². The second-order valence-electron chi connectivity index (χ2n) is 18.3. The van der Waals surface area contributed by atoms with Crippen molar-refractivity contribution >= 4 is 44.7 Å². The highest BCUT2D eigenvalue weighted by atomic mass is 32.2. The fourth-order valence-corrected chi connectivity index (χ4v) is 11.4. The van der Waals surface area contributed by atoms with Crippen molar-refractivity contribution in [2.24, 2.45) is 17.8 Å². The van der Waals surface area contributed by atoms with Crippen molar-refractivity contribution in [1.29, 1.82) is 0 Å². The van der Waals surface area contributed by atoms with E-state index in [1.165, 1.54) is 11.0 Å². The van der Waals surface area contributed by atoms with Gasteiger partial charge >= 0.3 is 6.09 Å². The lowest BCUT2D eigenvalue weighted by Crippen LogP contribution is -2.59. The van der Waals surface area contributed by atoms with Gasteiger partial charge in [0.2, 0.25) is 27.7 Å². The SMILES string of the molecule is C=C[C@@H]1C[C@]1(NC(=O)[C@@H]1C[C@@H]2CN1C(=O)[C@H](C1CCCC1)NC(=O)O[C@@H]1CCC[C@H]1CC/C=C\Cc1c(nc3ccccc3c1OCCCOCCOC)O2)C(=O)NS(=O)(=O)C1CC1. The van der Waals surface area contributed by atoms with Crippen LogP contribution in [0.2, 0.25) is 0 Å². The Morgan fingerprint density at radius 2 is 1.78 bits per heavy atom. The number of nitrogens with one attached hydrogen (secondary N) is 3. The van der Waals surface area contributed by atoms with Crippen LogP contribution in [0.3, 0.4) is 0 Å². The van der Waals surface area contributed by atoms with Gasteiger partial charge in [-0.15, -0.1) is 6.58 Å². The Balaban J connectivity index is 1.14. The van der Waals surface area contributed by atoms with Crippen LogP contribution in [-0.4, -0.2) is 117 Å². The van der Waals surface area contributed by atoms with Crippen LogP contribution in [0.4, 0.5) is 4.79 Å². The molecular weight excluding hydrogens is 843 g/mol. The summed E-state index contributed by atoms with van der Waals surface area (Å²) >= 11 is 0. The van der Waals surface area contributed by atoms with E-state index in [4.69, 9.17) is 28.7 Å². The van der Waals surface area contributed by atoms with Gasteiger partial charge in [0.15, 0.2) is 0 Å². The van der Waals surface area contributed by atoms with E-state index in [9.17, 15) is 22.8 Å². The Morgan fingerprint density at radius 1 is 0.984 bits per heavy atom. The summed E-state index contributed by atoms with van der Waals surface area (Å²) in [6, 6.07) is 5.56. The highest BCUT2D eigenvalue weighted by molar-refractivity contribution is 7.91. The van der Waals surface area contributed by atoms with Gasteiger partial charge in [-0.1, -0.05) is 43.2 Å². The Hall–Kier alpha value is -4.74. The molecule has 7 atom stereocenters. The number of pyridine rings is 1. The lowest BCUT2D eigenvalue weighted by molar-refractivity contribution is -0.142. The number of methoxy groups -OCH3 is 1. The van der Waals surface area contributed by atoms with Crippen LogP contribution >= 0.6 is 0 Å². The van der Waals surface area contributed by atoms with Crippen molar-refractivity contribution in [3.05, 3.63) is 54.6 Å². The van der Waals surface area contributed by atoms with Crippen molar-refractivity contribution < 1.29 is 51.3 Å². The molecule has 0 unspecified atom stereocenters. The van der Waals surface area contributed by atoms with E-state index >= 15 is 4.79 Å². The van der Waals surface area contributed by atoms with Crippen molar-refractivity contribution in [3.63, 3.8) is 0 Å². The highest BCUT2D eigenvalue weighted by Gasteiger charge is 2.62. The Morgan fingerprint density at radius 3 is 2.55 bits per heavy atom. The van der Waals surface area contributed by atoms with Gasteiger partial charge in [0.25, 0.3) is 5.91 Å². The number of benzene rings is 1. The van der Waals surface area contributed by atoms with E-state index in [1.54, 1.807) is 7.11 Å². The first-order valence-electron chi connectivity index (χ1n) is 23.2. The Labute approximate surface area is 375 Å². The maximum Gasteiger partial charge on any atom is 0.408 e. The predicted octanol–water partition coefficient (Wildman–Crippen LogP) is 5.03. The van der Waals surface area contributed by atoms with Crippen LogP contribution in [0, 0.1) is 17.8 Å². The molecule has 16 nitrogen and oxygen atoms in total. The van der Waals surface area contributed by atoms with E-state index in [0.29, 0.717) is 82.1 Å². The first-order valence-corrected chi connectivity index (χ1v) is 24.8. The second kappa shape index (κ2) is 20.2.